The molecule has 1 N–H and O–H groups in total. The molecule has 1 aromatic carbocycles. The molecule has 0 bridgehead atoms. The molecule has 2 rings (SSSR count). The predicted molar refractivity (Wildman–Crippen MR) is 97.6 cm³/mol. The average Bonchev–Trinajstić information content (AvgIpc) is 2.54. The highest BCUT2D eigenvalue weighted by atomic mass is 16.6. The second-order valence-electron chi connectivity index (χ2n) is 7.02. The van der Waals surface area contributed by atoms with Gasteiger partial charge in [-0.1, -0.05) is 30.3 Å². The van der Waals surface area contributed by atoms with Gasteiger partial charge in [-0.2, -0.15) is 0 Å². The molecule has 0 aliphatic heterocycles. The molecule has 0 unspecified atom stereocenters. The lowest BCUT2D eigenvalue weighted by atomic mass is 10.1. The van der Waals surface area contributed by atoms with Crippen LogP contribution in [0.25, 0.3) is 0 Å². The molecular formula is C20H24N2O4. The normalized spacial score (nSPS) is 11.4. The van der Waals surface area contributed by atoms with Crippen molar-refractivity contribution >= 4 is 11.9 Å². The maximum atomic E-state index is 12.3. The highest BCUT2D eigenvalue weighted by Crippen LogP contribution is 2.14. The number of benzene rings is 1. The van der Waals surface area contributed by atoms with Crippen molar-refractivity contribution < 1.29 is 19.4 Å². The third kappa shape index (κ3) is 6.29. The lowest BCUT2D eigenvalue weighted by Crippen LogP contribution is -2.35. The molecule has 138 valence electrons. The molecule has 1 aromatic heterocycles. The number of carbonyl (C=O) groups is 2. The summed E-state index contributed by atoms with van der Waals surface area (Å²) in [5.74, 6) is -1.40. The molecule has 6 heteroatoms. The lowest BCUT2D eigenvalue weighted by Gasteiger charge is -2.25. The Morgan fingerprint density at radius 3 is 2.38 bits per heavy atom. The van der Waals surface area contributed by atoms with Crippen molar-refractivity contribution in [3.63, 3.8) is 0 Å². The van der Waals surface area contributed by atoms with E-state index >= 15 is 0 Å². The number of hydrogen-bond acceptors (Lipinski definition) is 5. The minimum Gasteiger partial charge on any atom is -0.478 e. The Labute approximate surface area is 153 Å². The SMILES string of the molecule is CC(C)(C)OC(=O)CN(Cc1ccccc1)Cc1ncccc1C(=O)O. The number of nitrogens with zero attached hydrogens (tertiary/aromatic N) is 2. The summed E-state index contributed by atoms with van der Waals surface area (Å²) in [6.07, 6.45) is 1.55. The monoisotopic (exact) mass is 356 g/mol. The summed E-state index contributed by atoms with van der Waals surface area (Å²) in [5, 5.41) is 9.35. The van der Waals surface area contributed by atoms with E-state index in [9.17, 15) is 14.7 Å². The van der Waals surface area contributed by atoms with E-state index in [1.54, 1.807) is 12.3 Å². The Morgan fingerprint density at radius 2 is 1.77 bits per heavy atom. The zero-order valence-corrected chi connectivity index (χ0v) is 15.3. The van der Waals surface area contributed by atoms with E-state index in [1.807, 2.05) is 56.0 Å². The van der Waals surface area contributed by atoms with E-state index in [0.29, 0.717) is 12.2 Å². The molecular weight excluding hydrogens is 332 g/mol. The van der Waals surface area contributed by atoms with E-state index in [0.717, 1.165) is 5.56 Å². The highest BCUT2D eigenvalue weighted by Gasteiger charge is 2.21. The van der Waals surface area contributed by atoms with Crippen molar-refractivity contribution in [3.05, 3.63) is 65.5 Å². The first kappa shape index (κ1) is 19.6. The van der Waals surface area contributed by atoms with Gasteiger partial charge in [0.2, 0.25) is 0 Å². The van der Waals surface area contributed by atoms with Crippen LogP contribution in [0.2, 0.25) is 0 Å². The summed E-state index contributed by atoms with van der Waals surface area (Å²) in [6.45, 7) is 6.20. The number of esters is 1. The van der Waals surface area contributed by atoms with Gasteiger partial charge >= 0.3 is 11.9 Å². The van der Waals surface area contributed by atoms with Gasteiger partial charge in [0.05, 0.1) is 17.8 Å². The fraction of sp³-hybridized carbons (Fsp3) is 0.350. The van der Waals surface area contributed by atoms with Crippen LogP contribution in [-0.4, -0.2) is 39.1 Å². The van der Waals surface area contributed by atoms with Crippen LogP contribution in [0.5, 0.6) is 0 Å². The van der Waals surface area contributed by atoms with Crippen LogP contribution in [0.3, 0.4) is 0 Å². The maximum Gasteiger partial charge on any atom is 0.337 e. The van der Waals surface area contributed by atoms with Crippen molar-refractivity contribution in [2.24, 2.45) is 0 Å². The smallest absolute Gasteiger partial charge is 0.337 e. The van der Waals surface area contributed by atoms with Crippen LogP contribution in [0.15, 0.2) is 48.7 Å². The number of hydrogen-bond donors (Lipinski definition) is 1. The van der Waals surface area contributed by atoms with Crippen LogP contribution in [0.4, 0.5) is 0 Å². The van der Waals surface area contributed by atoms with Gasteiger partial charge in [-0.15, -0.1) is 0 Å². The minimum atomic E-state index is -1.04. The fourth-order valence-corrected chi connectivity index (χ4v) is 2.54. The van der Waals surface area contributed by atoms with E-state index in [1.165, 1.54) is 6.07 Å². The zero-order valence-electron chi connectivity index (χ0n) is 15.3. The van der Waals surface area contributed by atoms with Crippen LogP contribution < -0.4 is 0 Å². The van der Waals surface area contributed by atoms with Crippen LogP contribution in [-0.2, 0) is 22.6 Å². The minimum absolute atomic E-state index is 0.0435. The fourth-order valence-electron chi connectivity index (χ4n) is 2.54. The Kier molecular flexibility index (Phi) is 6.46. The average molecular weight is 356 g/mol. The molecule has 2 aromatic rings. The Balaban J connectivity index is 2.20. The number of rotatable bonds is 7. The topological polar surface area (TPSA) is 79.7 Å². The summed E-state index contributed by atoms with van der Waals surface area (Å²) in [7, 11) is 0. The summed E-state index contributed by atoms with van der Waals surface area (Å²) in [5.41, 5.74) is 0.991. The first-order valence-electron chi connectivity index (χ1n) is 8.40. The number of aromatic carboxylic acids is 1. The van der Waals surface area contributed by atoms with Crippen molar-refractivity contribution in [1.82, 2.24) is 9.88 Å². The lowest BCUT2D eigenvalue weighted by molar-refractivity contribution is -0.156. The van der Waals surface area contributed by atoms with E-state index in [4.69, 9.17) is 4.74 Å². The largest absolute Gasteiger partial charge is 0.478 e. The summed E-state index contributed by atoms with van der Waals surface area (Å²) < 4.78 is 5.40. The molecule has 0 spiro atoms. The molecule has 0 aliphatic rings. The molecule has 1 heterocycles. The van der Waals surface area contributed by atoms with Crippen molar-refractivity contribution in [2.45, 2.75) is 39.5 Å². The summed E-state index contributed by atoms with van der Waals surface area (Å²) in [6, 6.07) is 12.8. The number of carboxylic acids is 1. The maximum absolute atomic E-state index is 12.3. The number of aromatic nitrogens is 1. The zero-order chi connectivity index (χ0) is 19.2. The standard InChI is InChI=1S/C20H24N2O4/c1-20(2,3)26-18(23)14-22(12-15-8-5-4-6-9-15)13-17-16(19(24)25)10-7-11-21-17/h4-11H,12-14H2,1-3H3,(H,24,25). The third-order valence-corrected chi connectivity index (χ3v) is 3.52. The third-order valence-electron chi connectivity index (χ3n) is 3.52. The van der Waals surface area contributed by atoms with E-state index < -0.39 is 11.6 Å². The van der Waals surface area contributed by atoms with Crippen molar-refractivity contribution in [3.8, 4) is 0 Å². The number of pyridine rings is 1. The Hall–Kier alpha value is -2.73. The van der Waals surface area contributed by atoms with Gasteiger partial charge in [-0.05, 0) is 38.5 Å². The van der Waals surface area contributed by atoms with Gasteiger partial charge < -0.3 is 9.84 Å². The molecule has 0 aliphatic carbocycles. The molecule has 0 saturated heterocycles. The highest BCUT2D eigenvalue weighted by molar-refractivity contribution is 5.88. The molecule has 26 heavy (non-hydrogen) atoms. The molecule has 0 amide bonds. The van der Waals surface area contributed by atoms with E-state index in [2.05, 4.69) is 4.98 Å². The van der Waals surface area contributed by atoms with Gasteiger partial charge in [-0.25, -0.2) is 4.79 Å². The van der Waals surface area contributed by atoms with E-state index in [-0.39, 0.29) is 24.6 Å². The first-order valence-corrected chi connectivity index (χ1v) is 8.40. The van der Waals surface area contributed by atoms with Crippen molar-refractivity contribution in [1.29, 1.82) is 0 Å². The predicted octanol–water partition coefficient (Wildman–Crippen LogP) is 3.12. The number of carbonyl (C=O) groups excluding carboxylic acids is 1. The second-order valence-corrected chi connectivity index (χ2v) is 7.02. The van der Waals surface area contributed by atoms with Crippen LogP contribution >= 0.6 is 0 Å². The second kappa shape index (κ2) is 8.58. The first-order chi connectivity index (χ1) is 12.2. The Morgan fingerprint density at radius 1 is 1.08 bits per heavy atom. The number of carboxylic acid groups (broad SMARTS) is 1. The van der Waals surface area contributed by atoms with Crippen LogP contribution in [0.1, 0.15) is 42.4 Å². The quantitative estimate of drug-likeness (QED) is 0.768. The molecule has 0 radical (unpaired) electrons. The number of ether oxygens (including phenoxy) is 1. The molecule has 0 fully saturated rings. The van der Waals surface area contributed by atoms with Crippen molar-refractivity contribution in [2.75, 3.05) is 6.54 Å². The van der Waals surface area contributed by atoms with Gasteiger partial charge in [-0.3, -0.25) is 14.7 Å². The summed E-state index contributed by atoms with van der Waals surface area (Å²) >= 11 is 0. The Bertz CT molecular complexity index is 754. The molecule has 6 nitrogen and oxygen atoms in total. The van der Waals surface area contributed by atoms with Gasteiger partial charge in [0.25, 0.3) is 0 Å². The summed E-state index contributed by atoms with van der Waals surface area (Å²) in [4.78, 5) is 29.7. The molecule has 0 atom stereocenters. The molecule has 0 saturated carbocycles. The van der Waals surface area contributed by atoms with Crippen LogP contribution in [0, 0.1) is 0 Å². The van der Waals surface area contributed by atoms with Gasteiger partial charge in [0.1, 0.15) is 5.60 Å². The van der Waals surface area contributed by atoms with Gasteiger partial charge in [0.15, 0.2) is 0 Å². The van der Waals surface area contributed by atoms with Gasteiger partial charge in [0, 0.05) is 19.3 Å².